The number of thiophene rings is 1. The molecule has 0 radical (unpaired) electrons. The lowest BCUT2D eigenvalue weighted by Crippen LogP contribution is -2.15. The number of hydrogen-bond donors (Lipinski definition) is 2. The van der Waals surface area contributed by atoms with Gasteiger partial charge in [-0.3, -0.25) is 9.59 Å². The van der Waals surface area contributed by atoms with Gasteiger partial charge in [0.05, 0.1) is 24.9 Å². The monoisotopic (exact) mass is 458 g/mol. The number of halogens is 1. The molecule has 0 saturated carbocycles. The molecule has 162 valence electrons. The number of hydrogen-bond acceptors (Lipinski definition) is 5. The highest BCUT2D eigenvalue weighted by molar-refractivity contribution is 7.09. The first-order valence-electron chi connectivity index (χ1n) is 9.65. The summed E-state index contributed by atoms with van der Waals surface area (Å²) in [5, 5.41) is 8.01. The Labute approximate surface area is 190 Å². The van der Waals surface area contributed by atoms with Crippen LogP contribution in [-0.2, 0) is 11.2 Å². The zero-order valence-corrected chi connectivity index (χ0v) is 18.8. The fraction of sp³-hybridized carbons (Fsp3) is 0.217. The van der Waals surface area contributed by atoms with Crippen molar-refractivity contribution in [2.45, 2.75) is 19.3 Å². The SMILES string of the molecule is COc1cc(OC)c(NC(=O)c2cccc(NC(=O)CCCc3cccs3)c2)cc1Cl. The highest BCUT2D eigenvalue weighted by Gasteiger charge is 2.14. The van der Waals surface area contributed by atoms with E-state index in [0.717, 1.165) is 12.8 Å². The molecule has 0 bridgehead atoms. The second-order valence-electron chi connectivity index (χ2n) is 6.70. The van der Waals surface area contributed by atoms with Crippen LogP contribution in [-0.4, -0.2) is 26.0 Å². The molecule has 2 N–H and O–H groups in total. The lowest BCUT2D eigenvalue weighted by atomic mass is 10.1. The zero-order valence-electron chi connectivity index (χ0n) is 17.2. The summed E-state index contributed by atoms with van der Waals surface area (Å²) in [7, 11) is 2.99. The summed E-state index contributed by atoms with van der Waals surface area (Å²) in [5.74, 6) is 0.427. The van der Waals surface area contributed by atoms with Crippen LogP contribution in [0.1, 0.15) is 28.1 Å². The van der Waals surface area contributed by atoms with E-state index >= 15 is 0 Å². The third-order valence-corrected chi connectivity index (χ3v) is 5.77. The molecule has 2 amide bonds. The minimum absolute atomic E-state index is 0.0854. The summed E-state index contributed by atoms with van der Waals surface area (Å²) < 4.78 is 10.5. The molecule has 31 heavy (non-hydrogen) atoms. The quantitative estimate of drug-likeness (QED) is 0.435. The third-order valence-electron chi connectivity index (χ3n) is 4.54. The van der Waals surface area contributed by atoms with E-state index in [1.807, 2.05) is 11.4 Å². The maximum atomic E-state index is 12.7. The van der Waals surface area contributed by atoms with Gasteiger partial charge in [-0.2, -0.15) is 0 Å². The van der Waals surface area contributed by atoms with Gasteiger partial charge in [-0.1, -0.05) is 23.7 Å². The predicted molar refractivity (Wildman–Crippen MR) is 125 cm³/mol. The fourth-order valence-corrected chi connectivity index (χ4v) is 3.98. The van der Waals surface area contributed by atoms with Crippen molar-refractivity contribution in [2.24, 2.45) is 0 Å². The van der Waals surface area contributed by atoms with Crippen LogP contribution in [0.4, 0.5) is 11.4 Å². The van der Waals surface area contributed by atoms with E-state index in [1.54, 1.807) is 47.7 Å². The van der Waals surface area contributed by atoms with Crippen molar-refractivity contribution in [2.75, 3.05) is 24.9 Å². The molecule has 0 unspecified atom stereocenters. The van der Waals surface area contributed by atoms with Gasteiger partial charge in [0.1, 0.15) is 11.5 Å². The van der Waals surface area contributed by atoms with Crippen LogP contribution in [0.3, 0.4) is 0 Å². The Bertz CT molecular complexity index is 1050. The summed E-state index contributed by atoms with van der Waals surface area (Å²) in [6, 6.07) is 14.0. The van der Waals surface area contributed by atoms with Crippen LogP contribution in [0.25, 0.3) is 0 Å². The van der Waals surface area contributed by atoms with Gasteiger partial charge in [0.25, 0.3) is 5.91 Å². The van der Waals surface area contributed by atoms with Crippen molar-refractivity contribution in [1.29, 1.82) is 0 Å². The van der Waals surface area contributed by atoms with Crippen molar-refractivity contribution >= 4 is 46.1 Å². The van der Waals surface area contributed by atoms with E-state index in [2.05, 4.69) is 16.7 Å². The summed E-state index contributed by atoms with van der Waals surface area (Å²) in [6.07, 6.45) is 2.06. The van der Waals surface area contributed by atoms with Crippen molar-refractivity contribution < 1.29 is 19.1 Å². The Balaban J connectivity index is 1.62. The average Bonchev–Trinajstić information content (AvgIpc) is 3.27. The number of rotatable bonds is 9. The fourth-order valence-electron chi connectivity index (χ4n) is 2.99. The number of methoxy groups -OCH3 is 2. The van der Waals surface area contributed by atoms with Crippen LogP contribution in [0.5, 0.6) is 11.5 Å². The Kier molecular flexibility index (Phi) is 7.92. The minimum atomic E-state index is -0.353. The molecule has 3 rings (SSSR count). The van der Waals surface area contributed by atoms with E-state index in [1.165, 1.54) is 19.1 Å². The van der Waals surface area contributed by atoms with Crippen molar-refractivity contribution in [3.63, 3.8) is 0 Å². The molecular weight excluding hydrogens is 436 g/mol. The smallest absolute Gasteiger partial charge is 0.255 e. The van der Waals surface area contributed by atoms with E-state index in [9.17, 15) is 9.59 Å². The molecule has 3 aromatic rings. The molecule has 8 heteroatoms. The van der Waals surface area contributed by atoms with Crippen LogP contribution in [0, 0.1) is 0 Å². The number of anilines is 2. The predicted octanol–water partition coefficient (Wildman–Crippen LogP) is 5.63. The van der Waals surface area contributed by atoms with E-state index in [4.69, 9.17) is 21.1 Å². The van der Waals surface area contributed by atoms with Gasteiger partial charge in [0.15, 0.2) is 0 Å². The first-order valence-corrected chi connectivity index (χ1v) is 10.9. The Morgan fingerprint density at radius 3 is 2.52 bits per heavy atom. The van der Waals surface area contributed by atoms with Gasteiger partial charge in [0.2, 0.25) is 5.91 Å². The largest absolute Gasteiger partial charge is 0.495 e. The number of ether oxygens (including phenoxy) is 2. The van der Waals surface area contributed by atoms with Crippen LogP contribution in [0.15, 0.2) is 53.9 Å². The Morgan fingerprint density at radius 2 is 1.81 bits per heavy atom. The first-order chi connectivity index (χ1) is 15.0. The molecule has 0 saturated heterocycles. The van der Waals surface area contributed by atoms with Crippen molar-refractivity contribution in [3.05, 3.63) is 69.4 Å². The molecule has 1 aromatic heterocycles. The molecule has 0 fully saturated rings. The van der Waals surface area contributed by atoms with Gasteiger partial charge in [-0.05, 0) is 48.6 Å². The summed E-state index contributed by atoms with van der Waals surface area (Å²) >= 11 is 7.86. The van der Waals surface area contributed by atoms with Gasteiger partial charge >= 0.3 is 0 Å². The Morgan fingerprint density at radius 1 is 1.00 bits per heavy atom. The molecule has 0 aliphatic carbocycles. The highest BCUT2D eigenvalue weighted by Crippen LogP contribution is 2.36. The maximum absolute atomic E-state index is 12.7. The van der Waals surface area contributed by atoms with Gasteiger partial charge < -0.3 is 20.1 Å². The second kappa shape index (κ2) is 10.8. The second-order valence-corrected chi connectivity index (χ2v) is 8.14. The zero-order chi connectivity index (χ0) is 22.2. The maximum Gasteiger partial charge on any atom is 0.255 e. The molecule has 0 aliphatic rings. The highest BCUT2D eigenvalue weighted by atomic mass is 35.5. The van der Waals surface area contributed by atoms with Crippen molar-refractivity contribution in [3.8, 4) is 11.5 Å². The van der Waals surface area contributed by atoms with Crippen LogP contribution in [0.2, 0.25) is 5.02 Å². The van der Waals surface area contributed by atoms with Crippen molar-refractivity contribution in [1.82, 2.24) is 0 Å². The van der Waals surface area contributed by atoms with Gasteiger partial charge in [-0.25, -0.2) is 0 Å². The third kappa shape index (κ3) is 6.23. The lowest BCUT2D eigenvalue weighted by molar-refractivity contribution is -0.116. The van der Waals surface area contributed by atoms with E-state index in [-0.39, 0.29) is 11.8 Å². The van der Waals surface area contributed by atoms with Gasteiger partial charge in [0, 0.05) is 28.6 Å². The molecule has 0 spiro atoms. The number of carbonyl (C=O) groups excluding carboxylic acids is 2. The first kappa shape index (κ1) is 22.7. The molecule has 2 aromatic carbocycles. The van der Waals surface area contributed by atoms with Gasteiger partial charge in [-0.15, -0.1) is 11.3 Å². The number of amides is 2. The minimum Gasteiger partial charge on any atom is -0.495 e. The molecular formula is C23H23ClN2O4S. The van der Waals surface area contributed by atoms with Crippen LogP contribution < -0.4 is 20.1 Å². The standard InChI is InChI=1S/C23H23ClN2O4S/c1-29-20-14-21(30-2)19(13-18(20)24)26-23(28)15-6-3-7-16(12-15)25-22(27)10-4-8-17-9-5-11-31-17/h3,5-7,9,11-14H,4,8,10H2,1-2H3,(H,25,27)(H,26,28). The Hall–Kier alpha value is -3.03. The van der Waals surface area contributed by atoms with Crippen LogP contribution >= 0.6 is 22.9 Å². The molecule has 6 nitrogen and oxygen atoms in total. The molecule has 1 heterocycles. The number of nitrogens with one attached hydrogen (secondary N) is 2. The topological polar surface area (TPSA) is 76.7 Å². The average molecular weight is 459 g/mol. The lowest BCUT2D eigenvalue weighted by Gasteiger charge is -2.13. The van der Waals surface area contributed by atoms with E-state index < -0.39 is 0 Å². The summed E-state index contributed by atoms with van der Waals surface area (Å²) in [6.45, 7) is 0. The number of carbonyl (C=O) groups is 2. The molecule has 0 atom stereocenters. The normalized spacial score (nSPS) is 10.4. The molecule has 0 aliphatic heterocycles. The summed E-state index contributed by atoms with van der Waals surface area (Å²) in [5.41, 5.74) is 1.38. The number of benzene rings is 2. The number of aryl methyl sites for hydroxylation is 1. The van der Waals surface area contributed by atoms with E-state index in [0.29, 0.717) is 39.9 Å². The summed E-state index contributed by atoms with van der Waals surface area (Å²) in [4.78, 5) is 26.2.